The molecule has 0 saturated carbocycles. The third-order valence-electron chi connectivity index (χ3n) is 2.59. The number of amides is 2. The molecule has 0 fully saturated rings. The lowest BCUT2D eigenvalue weighted by Crippen LogP contribution is -2.33. The number of carbonyl (C=O) groups is 1. The Morgan fingerprint density at radius 2 is 2.24 bits per heavy atom. The predicted molar refractivity (Wildman–Crippen MR) is 68.1 cm³/mol. The Balaban J connectivity index is 2.42. The topological polar surface area (TPSA) is 58.7 Å². The molecular formula is C12H12ClN3O. The number of hydrogen-bond acceptors (Lipinski definition) is 2. The summed E-state index contributed by atoms with van der Waals surface area (Å²) in [4.78, 5) is 16.9. The highest BCUT2D eigenvalue weighted by atomic mass is 35.5. The number of halogens is 1. The lowest BCUT2D eigenvalue weighted by Gasteiger charge is -2.23. The number of nitrogens with two attached hydrogens (primary N) is 1. The largest absolute Gasteiger partial charge is 0.385 e. The van der Waals surface area contributed by atoms with Crippen molar-refractivity contribution in [3.05, 3.63) is 47.5 Å². The highest BCUT2D eigenvalue weighted by Gasteiger charge is 2.34. The van der Waals surface area contributed by atoms with Gasteiger partial charge >= 0.3 is 6.03 Å². The average Bonchev–Trinajstić information content (AvgIpc) is 2.56. The fourth-order valence-corrected chi connectivity index (χ4v) is 2.09. The summed E-state index contributed by atoms with van der Waals surface area (Å²) in [6, 6.07) is 6.53. The molecule has 1 heterocycles. The first-order chi connectivity index (χ1) is 8.15. The van der Waals surface area contributed by atoms with E-state index in [0.717, 1.165) is 5.56 Å². The number of amidine groups is 1. The molecule has 0 aliphatic carbocycles. The predicted octanol–water partition coefficient (Wildman–Crippen LogP) is 2.36. The maximum atomic E-state index is 11.6. The SMILES string of the molecule is C=CCN1C(=O)N=C(N)C1c1ccccc1Cl. The van der Waals surface area contributed by atoms with E-state index < -0.39 is 6.04 Å². The lowest BCUT2D eigenvalue weighted by atomic mass is 10.1. The van der Waals surface area contributed by atoms with Crippen LogP contribution in [0.15, 0.2) is 41.9 Å². The molecule has 2 amide bonds. The van der Waals surface area contributed by atoms with Crippen molar-refractivity contribution >= 4 is 23.5 Å². The molecule has 1 aliphatic heterocycles. The number of aliphatic imine (C=N–C) groups is 1. The van der Waals surface area contributed by atoms with Gasteiger partial charge in [-0.05, 0) is 6.07 Å². The Morgan fingerprint density at radius 1 is 1.53 bits per heavy atom. The number of rotatable bonds is 3. The van der Waals surface area contributed by atoms with Crippen molar-refractivity contribution in [3.8, 4) is 0 Å². The zero-order chi connectivity index (χ0) is 12.4. The van der Waals surface area contributed by atoms with Gasteiger partial charge in [-0.2, -0.15) is 4.99 Å². The molecule has 1 aromatic carbocycles. The Labute approximate surface area is 104 Å². The normalized spacial score (nSPS) is 19.4. The van der Waals surface area contributed by atoms with Crippen LogP contribution in [0.25, 0.3) is 0 Å². The van der Waals surface area contributed by atoms with E-state index in [0.29, 0.717) is 11.6 Å². The minimum absolute atomic E-state index is 0.268. The molecule has 0 saturated heterocycles. The van der Waals surface area contributed by atoms with Crippen LogP contribution in [0.1, 0.15) is 11.6 Å². The van der Waals surface area contributed by atoms with Gasteiger partial charge in [-0.15, -0.1) is 6.58 Å². The van der Waals surface area contributed by atoms with E-state index in [-0.39, 0.29) is 11.9 Å². The third-order valence-corrected chi connectivity index (χ3v) is 2.93. The Hall–Kier alpha value is -1.81. The van der Waals surface area contributed by atoms with Gasteiger partial charge in [0, 0.05) is 17.1 Å². The molecule has 1 unspecified atom stereocenters. The Bertz CT molecular complexity index is 498. The first-order valence-electron chi connectivity index (χ1n) is 5.15. The summed E-state index contributed by atoms with van der Waals surface area (Å²) in [5, 5.41) is 0.569. The molecule has 5 heteroatoms. The van der Waals surface area contributed by atoms with Crippen molar-refractivity contribution in [3.63, 3.8) is 0 Å². The van der Waals surface area contributed by atoms with Crippen LogP contribution in [0, 0.1) is 0 Å². The monoisotopic (exact) mass is 249 g/mol. The van der Waals surface area contributed by atoms with Gasteiger partial charge in [-0.3, -0.25) is 0 Å². The quantitative estimate of drug-likeness (QED) is 0.836. The van der Waals surface area contributed by atoms with E-state index in [1.807, 2.05) is 18.2 Å². The number of nitrogens with zero attached hydrogens (tertiary/aromatic N) is 2. The third kappa shape index (κ3) is 2.03. The van der Waals surface area contributed by atoms with Crippen LogP contribution in [0.5, 0.6) is 0 Å². The maximum Gasteiger partial charge on any atom is 0.346 e. The lowest BCUT2D eigenvalue weighted by molar-refractivity contribution is 0.213. The molecular weight excluding hydrogens is 238 g/mol. The van der Waals surface area contributed by atoms with E-state index in [4.69, 9.17) is 17.3 Å². The second-order valence-electron chi connectivity index (χ2n) is 3.68. The number of benzene rings is 1. The Morgan fingerprint density at radius 3 is 2.88 bits per heavy atom. The summed E-state index contributed by atoms with van der Waals surface area (Å²) in [6.07, 6.45) is 1.63. The van der Waals surface area contributed by atoms with Gasteiger partial charge in [0.25, 0.3) is 0 Å². The van der Waals surface area contributed by atoms with Gasteiger partial charge in [0.05, 0.1) is 0 Å². The standard InChI is InChI=1S/C12H12ClN3O/c1-2-7-16-10(11(14)15-12(16)17)8-5-3-4-6-9(8)13/h2-6,10H,1,7H2,(H2,14,15,17). The molecule has 2 N–H and O–H groups in total. The van der Waals surface area contributed by atoms with Gasteiger partial charge in [0.15, 0.2) is 0 Å². The minimum atomic E-state index is -0.394. The number of carbonyl (C=O) groups excluding carboxylic acids is 1. The molecule has 0 radical (unpaired) electrons. The number of hydrogen-bond donors (Lipinski definition) is 1. The molecule has 17 heavy (non-hydrogen) atoms. The van der Waals surface area contributed by atoms with Crippen LogP contribution in [-0.4, -0.2) is 23.3 Å². The zero-order valence-corrected chi connectivity index (χ0v) is 9.89. The average molecular weight is 250 g/mol. The van der Waals surface area contributed by atoms with Crippen molar-refractivity contribution in [1.82, 2.24) is 4.90 Å². The molecule has 1 aromatic rings. The van der Waals surface area contributed by atoms with E-state index in [2.05, 4.69) is 11.6 Å². The molecule has 0 aromatic heterocycles. The first-order valence-corrected chi connectivity index (χ1v) is 5.53. The minimum Gasteiger partial charge on any atom is -0.385 e. The van der Waals surface area contributed by atoms with Gasteiger partial charge in [-0.1, -0.05) is 35.9 Å². The second-order valence-corrected chi connectivity index (χ2v) is 4.09. The van der Waals surface area contributed by atoms with Gasteiger partial charge in [0.1, 0.15) is 11.9 Å². The van der Waals surface area contributed by atoms with Crippen molar-refractivity contribution in [2.75, 3.05) is 6.54 Å². The molecule has 4 nitrogen and oxygen atoms in total. The van der Waals surface area contributed by atoms with Crippen LogP contribution in [0.4, 0.5) is 4.79 Å². The molecule has 88 valence electrons. The summed E-state index contributed by atoms with van der Waals surface area (Å²) >= 11 is 6.11. The van der Waals surface area contributed by atoms with Crippen LogP contribution < -0.4 is 5.73 Å². The summed E-state index contributed by atoms with van der Waals surface area (Å²) in [5.74, 6) is 0.268. The highest BCUT2D eigenvalue weighted by Crippen LogP contribution is 2.31. The van der Waals surface area contributed by atoms with Crippen LogP contribution in [-0.2, 0) is 0 Å². The van der Waals surface area contributed by atoms with E-state index >= 15 is 0 Å². The summed E-state index contributed by atoms with van der Waals surface area (Å²) < 4.78 is 0. The first kappa shape index (κ1) is 11.7. The summed E-state index contributed by atoms with van der Waals surface area (Å²) in [7, 11) is 0. The molecule has 1 aliphatic rings. The molecule has 2 rings (SSSR count). The fraction of sp³-hybridized carbons (Fsp3) is 0.167. The summed E-state index contributed by atoms with van der Waals surface area (Å²) in [6.45, 7) is 4.00. The summed E-state index contributed by atoms with van der Waals surface area (Å²) in [5.41, 5.74) is 6.57. The van der Waals surface area contributed by atoms with Crippen molar-refractivity contribution < 1.29 is 4.79 Å². The molecule has 0 bridgehead atoms. The van der Waals surface area contributed by atoms with Crippen LogP contribution >= 0.6 is 11.6 Å². The van der Waals surface area contributed by atoms with Crippen LogP contribution in [0.3, 0.4) is 0 Å². The fourth-order valence-electron chi connectivity index (χ4n) is 1.85. The van der Waals surface area contributed by atoms with E-state index in [1.165, 1.54) is 4.90 Å². The number of urea groups is 1. The van der Waals surface area contributed by atoms with Gasteiger partial charge in [-0.25, -0.2) is 4.79 Å². The van der Waals surface area contributed by atoms with E-state index in [9.17, 15) is 4.79 Å². The Kier molecular flexibility index (Phi) is 3.15. The second kappa shape index (κ2) is 4.59. The highest BCUT2D eigenvalue weighted by molar-refractivity contribution is 6.31. The van der Waals surface area contributed by atoms with Gasteiger partial charge < -0.3 is 10.6 Å². The molecule has 0 spiro atoms. The van der Waals surface area contributed by atoms with Gasteiger partial charge in [0.2, 0.25) is 0 Å². The van der Waals surface area contributed by atoms with Crippen molar-refractivity contribution in [1.29, 1.82) is 0 Å². The van der Waals surface area contributed by atoms with Crippen molar-refractivity contribution in [2.24, 2.45) is 10.7 Å². The zero-order valence-electron chi connectivity index (χ0n) is 9.14. The maximum absolute atomic E-state index is 11.6. The van der Waals surface area contributed by atoms with Crippen LogP contribution in [0.2, 0.25) is 5.02 Å². The molecule has 1 atom stereocenters. The van der Waals surface area contributed by atoms with E-state index in [1.54, 1.807) is 12.1 Å². The smallest absolute Gasteiger partial charge is 0.346 e. The van der Waals surface area contributed by atoms with Crippen molar-refractivity contribution in [2.45, 2.75) is 6.04 Å².